The molecule has 2 heterocycles. The average Bonchev–Trinajstić information content (AvgIpc) is 3.70. The summed E-state index contributed by atoms with van der Waals surface area (Å²) in [6, 6.07) is 5.93. The van der Waals surface area contributed by atoms with Crippen LogP contribution >= 0.6 is 0 Å². The van der Waals surface area contributed by atoms with Gasteiger partial charge in [0.1, 0.15) is 11.6 Å². The first-order valence-electron chi connectivity index (χ1n) is 13.6. The fourth-order valence-electron chi connectivity index (χ4n) is 5.53. The molecule has 2 saturated carbocycles. The van der Waals surface area contributed by atoms with E-state index in [0.29, 0.717) is 25.7 Å². The van der Waals surface area contributed by atoms with Gasteiger partial charge in [0.2, 0.25) is 0 Å². The van der Waals surface area contributed by atoms with E-state index in [1.165, 1.54) is 17.8 Å². The van der Waals surface area contributed by atoms with Crippen molar-refractivity contribution in [3.8, 4) is 11.3 Å². The minimum absolute atomic E-state index is 0.249. The number of nitrogens with zero attached hydrogens (tertiary/aromatic N) is 2. The van der Waals surface area contributed by atoms with Gasteiger partial charge in [0.15, 0.2) is 0 Å². The lowest BCUT2D eigenvalue weighted by Gasteiger charge is -2.45. The van der Waals surface area contributed by atoms with E-state index in [0.717, 1.165) is 22.4 Å². The minimum atomic E-state index is -0.402. The summed E-state index contributed by atoms with van der Waals surface area (Å²) in [5, 5.41) is 0. The first kappa shape index (κ1) is 57.4. The molecule has 0 spiro atoms. The molecule has 0 saturated heterocycles. The summed E-state index contributed by atoms with van der Waals surface area (Å²) < 4.78 is 0. The van der Waals surface area contributed by atoms with Crippen LogP contribution in [-0.4, -0.2) is 21.5 Å². The van der Waals surface area contributed by atoms with E-state index < -0.39 is 10.8 Å². The number of rotatable bonds is 0. The van der Waals surface area contributed by atoms with Crippen LogP contribution in [0.2, 0.25) is 0 Å². The highest BCUT2D eigenvalue weighted by molar-refractivity contribution is 8.80. The summed E-state index contributed by atoms with van der Waals surface area (Å²) in [5.41, 5.74) is 3.26. The van der Waals surface area contributed by atoms with Crippen LogP contribution in [0.3, 0.4) is 0 Å². The molecule has 4 nitrogen and oxygen atoms in total. The number of aromatic nitrogens is 2. The van der Waals surface area contributed by atoms with E-state index in [4.69, 9.17) is 22.4 Å². The van der Waals surface area contributed by atoms with Crippen LogP contribution in [0.5, 0.6) is 0 Å². The van der Waals surface area contributed by atoms with Gasteiger partial charge in [-0.15, -0.1) is 0 Å². The van der Waals surface area contributed by atoms with Gasteiger partial charge < -0.3 is 0 Å². The Hall–Kier alpha value is 5.78. The monoisotopic (exact) mass is 1470 g/mol. The Morgan fingerprint density at radius 1 is 0.407 bits per heavy atom. The second-order valence-electron chi connectivity index (χ2n) is 9.15. The largest absolute Gasteiger partial charge is 0.300 e. The van der Waals surface area contributed by atoms with Gasteiger partial charge in [-0.1, -0.05) is 6.07 Å². The number of carbonyl (C=O) groups excluding carboxylic acids is 2. The van der Waals surface area contributed by atoms with Gasteiger partial charge in [0, 0.05) is 394 Å². The summed E-state index contributed by atoms with van der Waals surface area (Å²) in [6.45, 7) is 0. The molecule has 0 bridgehead atoms. The summed E-state index contributed by atoms with van der Waals surface area (Å²) in [5.74, 6) is 0.498. The summed E-state index contributed by atoms with van der Waals surface area (Å²) in [7, 11) is 61.9. The highest BCUT2D eigenvalue weighted by atomic mass is 33.5. The first-order valence-corrected chi connectivity index (χ1v) is 61.6. The van der Waals surface area contributed by atoms with Crippen LogP contribution in [0.4, 0.5) is 0 Å². The highest BCUT2D eigenvalue weighted by Crippen LogP contribution is 2.66. The molecule has 2 aromatic heterocycles. The molecule has 0 aromatic carbocycles. The van der Waals surface area contributed by atoms with Gasteiger partial charge in [0.25, 0.3) is 0 Å². The van der Waals surface area contributed by atoms with Crippen LogP contribution in [0.1, 0.15) is 36.8 Å². The third-order valence-electron chi connectivity index (χ3n) is 6.77. The average molecular weight is 1480 g/mol. The summed E-state index contributed by atoms with van der Waals surface area (Å²) in [4.78, 5) is 33.6. The van der Waals surface area contributed by atoms with Crippen molar-refractivity contribution in [3.05, 3.63) is 47.9 Å². The van der Waals surface area contributed by atoms with E-state index in [9.17, 15) is 9.59 Å². The minimum Gasteiger partial charge on any atom is -0.300 e. The Kier molecular flexibility index (Phi) is 35.7. The van der Waals surface area contributed by atoms with Crippen LogP contribution in [0.25, 0.3) is 11.3 Å². The molecule has 3 aliphatic rings. The molecule has 0 atom stereocenters. The van der Waals surface area contributed by atoms with Gasteiger partial charge in [-0.05, 0) is 23.3 Å². The Labute approximate surface area is 449 Å². The predicted molar refractivity (Wildman–Crippen MR) is 352 cm³/mol. The van der Waals surface area contributed by atoms with E-state index in [2.05, 4.69) is 16.0 Å². The molecule has 2 fully saturated rings. The van der Waals surface area contributed by atoms with Crippen molar-refractivity contribution in [3.63, 3.8) is 0 Å². The number of fused-ring (bicyclic) bond motifs is 3. The Bertz CT molecular complexity index is 3430. The van der Waals surface area contributed by atoms with Crippen molar-refractivity contribution in [1.82, 2.24) is 9.97 Å². The molecule has 0 N–H and O–H groups in total. The zero-order chi connectivity index (χ0) is 41.7. The van der Waals surface area contributed by atoms with Gasteiger partial charge >= 0.3 is 0 Å². The zero-order valence-corrected chi connectivity index (χ0v) is 57.3. The van der Waals surface area contributed by atoms with Crippen LogP contribution in [0.15, 0.2) is 36.8 Å². The topological polar surface area (TPSA) is 59.9 Å². The van der Waals surface area contributed by atoms with Gasteiger partial charge in [-0.25, -0.2) is 0 Å². The van der Waals surface area contributed by atoms with Crippen molar-refractivity contribution in [2.75, 3.05) is 0 Å². The van der Waals surface area contributed by atoms with Gasteiger partial charge in [-0.2, -0.15) is 0 Å². The predicted octanol–water partition coefficient (Wildman–Crippen LogP) is 2.27. The van der Waals surface area contributed by atoms with E-state index in [1.807, 2.05) is 205 Å². The third kappa shape index (κ3) is 21.4. The molecule has 41 heteroatoms. The maximum Gasteiger partial charge on any atom is 0.134 e. The lowest BCUT2D eigenvalue weighted by Crippen LogP contribution is -2.43. The maximum atomic E-state index is 12.4. The molecule has 3 aliphatic carbocycles. The number of pyridine rings is 2. The molecule has 0 amide bonds. The molecule has 2 aromatic rings. The molecule has 330 valence electrons. The number of ketones is 2. The second kappa shape index (κ2) is 36.7. The molecular weight excluding hydrogens is 1460 g/mol. The zero-order valence-electron chi connectivity index (χ0n) is 27.1. The van der Waals surface area contributed by atoms with Crippen molar-refractivity contribution in [2.24, 2.45) is 0 Å². The van der Waals surface area contributed by atoms with E-state index >= 15 is 0 Å². The highest BCUT2D eigenvalue weighted by Gasteiger charge is 2.67. The standard InChI is InChI=1S/C18H14N2O2.S37/c21-11-6-17-7-12(22)9-18(17,8-11)15-10-19-5-3-13(15)16-14(17)2-1-4-20-16;1-3-5-7-9-11-13-15-17-19-21-23-25-27-29-31-33-35-37-36-34-32-30-28-26-24-22-20-18-16-14-12-10-8-6-4-2/h1-5,10H,6-9H2;. The quantitative estimate of drug-likeness (QED) is 0.405. The fraction of sp³-hybridized carbons (Fsp3) is 0.333. The van der Waals surface area contributed by atoms with E-state index in [1.54, 1.807) is 119 Å². The van der Waals surface area contributed by atoms with Crippen molar-refractivity contribution in [2.45, 2.75) is 36.5 Å². The van der Waals surface area contributed by atoms with Gasteiger partial charge in [-0.3, -0.25) is 19.6 Å². The fourth-order valence-corrected chi connectivity index (χ4v) is 96.1. The molecule has 0 radical (unpaired) electrons. The normalized spacial score (nSPS) is 16.5. The number of Topliss-reactive ketones (excluding diaryl/α,β-unsaturated/α-hetero) is 2. The van der Waals surface area contributed by atoms with Crippen LogP contribution in [0, 0.1) is 0 Å². The third-order valence-corrected chi connectivity index (χ3v) is 82.3. The number of hydrogen-bond donors (Lipinski definition) is 0. The lowest BCUT2D eigenvalue weighted by molar-refractivity contribution is -0.120. The Balaban J connectivity index is 0.000000290. The number of carbonyl (C=O) groups is 2. The number of hydrogen-bond acceptors (Lipinski definition) is 6. The molecule has 0 aliphatic heterocycles. The molecule has 0 unspecified atom stereocenters. The smallest absolute Gasteiger partial charge is 0.134 e. The van der Waals surface area contributed by atoms with Crippen LogP contribution in [-0.2, 0) is 354 Å². The molecule has 5 rings (SSSR count). The van der Waals surface area contributed by atoms with Crippen LogP contribution < -0.4 is 0 Å². The maximum absolute atomic E-state index is 12.4. The van der Waals surface area contributed by atoms with Crippen molar-refractivity contribution < 1.29 is 9.59 Å². The first-order chi connectivity index (χ1) is 29.1. The SMILES string of the molecule is O=C1CC23CC(=O)CC2(C1)c1cccnc1-c1ccncc13.S=S=S=S=S=S=S=S=S=S=S=S=S=S=S=S=S=S=S=S=S=S=S=S=S=S=S=S=S=S=S=S=S=S=S=S=S. The summed E-state index contributed by atoms with van der Waals surface area (Å²) >= 11 is 9.60. The Morgan fingerprint density at radius 2 is 0.712 bits per heavy atom. The van der Waals surface area contributed by atoms with Crippen molar-refractivity contribution in [1.29, 1.82) is 0 Å². The lowest BCUT2D eigenvalue weighted by atomic mass is 9.56. The summed E-state index contributed by atoms with van der Waals surface area (Å²) in [6.07, 6.45) is 7.18. The van der Waals surface area contributed by atoms with Gasteiger partial charge in [0.05, 0.1) is 5.69 Å². The van der Waals surface area contributed by atoms with E-state index in [-0.39, 0.29) is 11.6 Å². The molecular formula is C18H14N2O2S37. The second-order valence-corrected chi connectivity index (χ2v) is 71.1. The van der Waals surface area contributed by atoms with Crippen molar-refractivity contribution >= 4 is 345 Å². The molecule has 59 heavy (non-hydrogen) atoms. The Morgan fingerprint density at radius 3 is 1.03 bits per heavy atom.